The lowest BCUT2D eigenvalue weighted by Gasteiger charge is -2.34. The van der Waals surface area contributed by atoms with Crippen molar-refractivity contribution < 1.29 is 4.74 Å². The van der Waals surface area contributed by atoms with E-state index in [4.69, 9.17) is 10.5 Å². The van der Waals surface area contributed by atoms with E-state index in [9.17, 15) is 0 Å². The second kappa shape index (κ2) is 12.9. The van der Waals surface area contributed by atoms with Crippen molar-refractivity contribution in [3.8, 4) is 5.75 Å². The molecule has 0 unspecified atom stereocenters. The van der Waals surface area contributed by atoms with Gasteiger partial charge < -0.3 is 15.4 Å². The minimum absolute atomic E-state index is 0.624. The minimum Gasteiger partial charge on any atom is -0.488 e. The number of piperidine rings is 1. The molecule has 0 radical (unpaired) electrons. The molecule has 1 saturated heterocycles. The Balaban J connectivity index is 0.00000132. The Bertz CT molecular complexity index is 766. The maximum Gasteiger partial charge on any atom is 0.126 e. The second-order valence-corrected chi connectivity index (χ2v) is 8.71. The van der Waals surface area contributed by atoms with Crippen LogP contribution in [-0.2, 0) is 19.4 Å². The highest BCUT2D eigenvalue weighted by atomic mass is 16.5. The van der Waals surface area contributed by atoms with Gasteiger partial charge in [0, 0.05) is 0 Å². The van der Waals surface area contributed by atoms with Crippen molar-refractivity contribution in [2.24, 2.45) is 5.73 Å². The molecule has 0 saturated carbocycles. The van der Waals surface area contributed by atoms with Crippen molar-refractivity contribution >= 4 is 0 Å². The number of ether oxygens (including phenoxy) is 1. The Kier molecular flexibility index (Phi) is 9.89. The van der Waals surface area contributed by atoms with E-state index in [1.165, 1.54) is 92.6 Å². The molecule has 1 aliphatic carbocycles. The van der Waals surface area contributed by atoms with Crippen LogP contribution in [0.2, 0.25) is 0 Å². The fourth-order valence-electron chi connectivity index (χ4n) is 4.98. The molecular weight excluding hydrogens is 380 g/mol. The van der Waals surface area contributed by atoms with Gasteiger partial charge in [0.05, 0.1) is 0 Å². The fourth-order valence-corrected chi connectivity index (χ4v) is 4.98. The summed E-state index contributed by atoms with van der Waals surface area (Å²) in [5.74, 6) is 1.84. The SMILES string of the molecule is CC.NCCCCN1CCC(c2ccc3c(c2OCc2ccccc2)CCCC3)CC1. The smallest absolute Gasteiger partial charge is 0.126 e. The summed E-state index contributed by atoms with van der Waals surface area (Å²) in [6, 6.07) is 15.4. The number of likely N-dealkylation sites (tertiary alicyclic amines) is 1. The van der Waals surface area contributed by atoms with Crippen molar-refractivity contribution in [1.29, 1.82) is 0 Å². The van der Waals surface area contributed by atoms with Crippen molar-refractivity contribution in [3.63, 3.8) is 0 Å². The standard InChI is InChI=1S/C26H36N2O.C2H6/c27-16-6-7-17-28-18-14-23(15-19-28)25-13-12-22-10-4-5-11-24(22)26(25)29-20-21-8-2-1-3-9-21;1-2/h1-3,8-9,12-13,23H,4-7,10-11,14-20,27H2;1-2H3. The van der Waals surface area contributed by atoms with Crippen LogP contribution in [0.5, 0.6) is 5.75 Å². The fraction of sp³-hybridized carbons (Fsp3) is 0.571. The molecule has 170 valence electrons. The number of nitrogens with zero attached hydrogens (tertiary/aromatic N) is 1. The highest BCUT2D eigenvalue weighted by Crippen LogP contribution is 2.40. The molecule has 3 heteroatoms. The quantitative estimate of drug-likeness (QED) is 0.523. The summed E-state index contributed by atoms with van der Waals surface area (Å²) in [5.41, 5.74) is 11.4. The average molecular weight is 423 g/mol. The molecule has 1 heterocycles. The van der Waals surface area contributed by atoms with Gasteiger partial charge in [-0.25, -0.2) is 0 Å². The zero-order valence-corrected chi connectivity index (χ0v) is 19.7. The Morgan fingerprint density at radius 1 is 0.935 bits per heavy atom. The molecular formula is C28H42N2O. The number of hydrogen-bond acceptors (Lipinski definition) is 3. The van der Waals surface area contributed by atoms with Crippen molar-refractivity contribution in [3.05, 3.63) is 64.7 Å². The van der Waals surface area contributed by atoms with Crippen LogP contribution in [-0.4, -0.2) is 31.1 Å². The maximum atomic E-state index is 6.55. The van der Waals surface area contributed by atoms with Gasteiger partial charge >= 0.3 is 0 Å². The molecule has 0 atom stereocenters. The molecule has 3 nitrogen and oxygen atoms in total. The van der Waals surface area contributed by atoms with Gasteiger partial charge in [0.25, 0.3) is 0 Å². The molecule has 0 bridgehead atoms. The summed E-state index contributed by atoms with van der Waals surface area (Å²) >= 11 is 0. The molecule has 0 amide bonds. The van der Waals surface area contributed by atoms with Gasteiger partial charge in [-0.3, -0.25) is 0 Å². The number of rotatable bonds is 8. The van der Waals surface area contributed by atoms with Gasteiger partial charge in [0.15, 0.2) is 0 Å². The Morgan fingerprint density at radius 2 is 1.68 bits per heavy atom. The van der Waals surface area contributed by atoms with Crippen LogP contribution in [0, 0.1) is 0 Å². The van der Waals surface area contributed by atoms with E-state index in [1.807, 2.05) is 13.8 Å². The van der Waals surface area contributed by atoms with Gasteiger partial charge in [-0.1, -0.05) is 56.3 Å². The molecule has 0 spiro atoms. The topological polar surface area (TPSA) is 38.5 Å². The first-order valence-electron chi connectivity index (χ1n) is 12.6. The summed E-state index contributed by atoms with van der Waals surface area (Å²) in [5, 5.41) is 0. The van der Waals surface area contributed by atoms with Crippen LogP contribution in [0.25, 0.3) is 0 Å². The molecule has 2 N–H and O–H groups in total. The lowest BCUT2D eigenvalue weighted by Crippen LogP contribution is -2.34. The van der Waals surface area contributed by atoms with E-state index in [0.29, 0.717) is 12.5 Å². The summed E-state index contributed by atoms with van der Waals surface area (Å²) in [6.45, 7) is 9.08. The van der Waals surface area contributed by atoms with Crippen LogP contribution < -0.4 is 10.5 Å². The zero-order valence-electron chi connectivity index (χ0n) is 19.7. The Labute approximate surface area is 190 Å². The van der Waals surface area contributed by atoms with E-state index in [2.05, 4.69) is 47.4 Å². The van der Waals surface area contributed by atoms with Crippen LogP contribution >= 0.6 is 0 Å². The highest BCUT2D eigenvalue weighted by Gasteiger charge is 2.26. The number of benzene rings is 2. The number of aryl methyl sites for hydroxylation is 1. The first kappa shape index (κ1) is 23.8. The number of fused-ring (bicyclic) bond motifs is 1. The molecule has 31 heavy (non-hydrogen) atoms. The predicted octanol–water partition coefficient (Wildman–Crippen LogP) is 6.09. The normalized spacial score (nSPS) is 16.9. The van der Waals surface area contributed by atoms with Crippen molar-refractivity contribution in [2.75, 3.05) is 26.2 Å². The largest absolute Gasteiger partial charge is 0.488 e. The first-order chi connectivity index (χ1) is 15.3. The maximum absolute atomic E-state index is 6.55. The predicted molar refractivity (Wildman–Crippen MR) is 132 cm³/mol. The van der Waals surface area contributed by atoms with Crippen molar-refractivity contribution in [1.82, 2.24) is 4.90 Å². The third-order valence-electron chi connectivity index (χ3n) is 6.69. The summed E-state index contributed by atoms with van der Waals surface area (Å²) in [4.78, 5) is 2.62. The Hall–Kier alpha value is -1.84. The van der Waals surface area contributed by atoms with Crippen LogP contribution in [0.4, 0.5) is 0 Å². The summed E-state index contributed by atoms with van der Waals surface area (Å²) in [7, 11) is 0. The minimum atomic E-state index is 0.624. The van der Waals surface area contributed by atoms with Crippen LogP contribution in [0.15, 0.2) is 42.5 Å². The van der Waals surface area contributed by atoms with Crippen LogP contribution in [0.1, 0.15) is 80.5 Å². The van der Waals surface area contributed by atoms with Gasteiger partial charge in [-0.05, 0) is 106 Å². The molecule has 1 fully saturated rings. The lowest BCUT2D eigenvalue weighted by molar-refractivity contribution is 0.206. The molecule has 0 aromatic heterocycles. The number of hydrogen-bond donors (Lipinski definition) is 1. The lowest BCUT2D eigenvalue weighted by atomic mass is 9.83. The van der Waals surface area contributed by atoms with Gasteiger partial charge in [0.2, 0.25) is 0 Å². The van der Waals surface area contributed by atoms with E-state index in [-0.39, 0.29) is 0 Å². The number of nitrogens with two attached hydrogens (primary N) is 1. The zero-order chi connectivity index (χ0) is 21.9. The van der Waals surface area contributed by atoms with E-state index >= 15 is 0 Å². The van der Waals surface area contributed by atoms with Crippen LogP contribution in [0.3, 0.4) is 0 Å². The summed E-state index contributed by atoms with van der Waals surface area (Å²) < 4.78 is 6.55. The molecule has 2 aromatic carbocycles. The average Bonchev–Trinajstić information content (AvgIpc) is 2.85. The van der Waals surface area contributed by atoms with Crippen molar-refractivity contribution in [2.45, 2.75) is 77.7 Å². The second-order valence-electron chi connectivity index (χ2n) is 8.71. The van der Waals surface area contributed by atoms with E-state index in [0.717, 1.165) is 13.0 Å². The van der Waals surface area contributed by atoms with Gasteiger partial charge in [-0.15, -0.1) is 0 Å². The third-order valence-corrected chi connectivity index (χ3v) is 6.69. The molecule has 4 rings (SSSR count). The monoisotopic (exact) mass is 422 g/mol. The highest BCUT2D eigenvalue weighted by molar-refractivity contribution is 5.49. The van der Waals surface area contributed by atoms with E-state index in [1.54, 1.807) is 0 Å². The number of unbranched alkanes of at least 4 members (excludes halogenated alkanes) is 1. The molecule has 2 aliphatic rings. The first-order valence-corrected chi connectivity index (χ1v) is 12.6. The molecule has 1 aliphatic heterocycles. The van der Waals surface area contributed by atoms with E-state index < -0.39 is 0 Å². The van der Waals surface area contributed by atoms with Gasteiger partial charge in [0.1, 0.15) is 12.4 Å². The van der Waals surface area contributed by atoms with Gasteiger partial charge in [-0.2, -0.15) is 0 Å². The summed E-state index contributed by atoms with van der Waals surface area (Å²) in [6.07, 6.45) is 9.82. The molecule has 2 aromatic rings. The third kappa shape index (κ3) is 6.57. The Morgan fingerprint density at radius 3 is 2.42 bits per heavy atom.